The molecule has 1 aliphatic carbocycles. The highest BCUT2D eigenvalue weighted by molar-refractivity contribution is 7.10. The Morgan fingerprint density at radius 3 is 2.94 bits per heavy atom. The first-order valence-corrected chi connectivity index (χ1v) is 8.14. The van der Waals surface area contributed by atoms with Gasteiger partial charge in [0.15, 0.2) is 0 Å². The standard InChI is InChI=1S/C15H24N2S/c1-17-10-13(15-6-3-7-18-15)8-14(11-17)16-9-12-4-2-5-12/h3,6-7,12-14,16H,2,4-5,8-11H2,1H3. The summed E-state index contributed by atoms with van der Waals surface area (Å²) in [5.74, 6) is 1.71. The Balaban J connectivity index is 1.54. The number of thiophene rings is 1. The molecule has 2 heterocycles. The Bertz CT molecular complexity index is 359. The van der Waals surface area contributed by atoms with Gasteiger partial charge in [0.05, 0.1) is 0 Å². The summed E-state index contributed by atoms with van der Waals surface area (Å²) in [5, 5.41) is 6.02. The van der Waals surface area contributed by atoms with Crippen molar-refractivity contribution in [2.24, 2.45) is 5.92 Å². The van der Waals surface area contributed by atoms with Crippen LogP contribution in [0.3, 0.4) is 0 Å². The lowest BCUT2D eigenvalue weighted by molar-refractivity contribution is 0.191. The normalized spacial score (nSPS) is 30.3. The third kappa shape index (κ3) is 2.95. The molecule has 0 bridgehead atoms. The van der Waals surface area contributed by atoms with Gasteiger partial charge in [0.1, 0.15) is 0 Å². The van der Waals surface area contributed by atoms with E-state index in [1.165, 1.54) is 45.3 Å². The molecule has 18 heavy (non-hydrogen) atoms. The fourth-order valence-corrected chi connectivity index (χ4v) is 4.06. The smallest absolute Gasteiger partial charge is 0.0201 e. The first-order chi connectivity index (χ1) is 8.81. The lowest BCUT2D eigenvalue weighted by Gasteiger charge is -2.37. The molecular formula is C15H24N2S. The molecule has 2 nitrogen and oxygen atoms in total. The van der Waals surface area contributed by atoms with Crippen LogP contribution in [-0.2, 0) is 0 Å². The van der Waals surface area contributed by atoms with Crippen LogP contribution in [0.1, 0.15) is 36.5 Å². The zero-order valence-electron chi connectivity index (χ0n) is 11.3. The van der Waals surface area contributed by atoms with Crippen molar-refractivity contribution >= 4 is 11.3 Å². The van der Waals surface area contributed by atoms with Crippen LogP contribution in [0.25, 0.3) is 0 Å². The third-order valence-corrected chi connectivity index (χ3v) is 5.53. The monoisotopic (exact) mass is 264 g/mol. The quantitative estimate of drug-likeness (QED) is 0.899. The summed E-state index contributed by atoms with van der Waals surface area (Å²) in [4.78, 5) is 4.06. The van der Waals surface area contributed by atoms with Gasteiger partial charge in [0, 0.05) is 29.9 Å². The lowest BCUT2D eigenvalue weighted by Crippen LogP contribution is -2.48. The highest BCUT2D eigenvalue weighted by atomic mass is 32.1. The van der Waals surface area contributed by atoms with E-state index in [-0.39, 0.29) is 0 Å². The van der Waals surface area contributed by atoms with Gasteiger partial charge < -0.3 is 10.2 Å². The molecule has 3 heteroatoms. The number of hydrogen-bond donors (Lipinski definition) is 1. The maximum absolute atomic E-state index is 3.81. The first kappa shape index (κ1) is 12.6. The van der Waals surface area contributed by atoms with Crippen molar-refractivity contribution in [2.75, 3.05) is 26.7 Å². The number of piperidine rings is 1. The second-order valence-electron chi connectivity index (χ2n) is 6.07. The highest BCUT2D eigenvalue weighted by Gasteiger charge is 2.27. The minimum absolute atomic E-state index is 0.691. The number of likely N-dealkylation sites (N-methyl/N-ethyl adjacent to an activating group) is 1. The minimum atomic E-state index is 0.691. The average molecular weight is 264 g/mol. The molecule has 1 aromatic rings. The van der Waals surface area contributed by atoms with Crippen molar-refractivity contribution in [3.63, 3.8) is 0 Å². The molecule has 2 unspecified atom stereocenters. The molecule has 0 radical (unpaired) electrons. The van der Waals surface area contributed by atoms with Crippen LogP contribution < -0.4 is 5.32 Å². The van der Waals surface area contributed by atoms with Crippen LogP contribution in [0.4, 0.5) is 0 Å². The highest BCUT2D eigenvalue weighted by Crippen LogP contribution is 2.30. The van der Waals surface area contributed by atoms with Crippen molar-refractivity contribution in [3.8, 4) is 0 Å². The van der Waals surface area contributed by atoms with E-state index in [0.717, 1.165) is 11.8 Å². The Hall–Kier alpha value is -0.380. The summed E-state index contributed by atoms with van der Waals surface area (Å²) >= 11 is 1.92. The Labute approximate surface area is 114 Å². The van der Waals surface area contributed by atoms with E-state index < -0.39 is 0 Å². The van der Waals surface area contributed by atoms with Gasteiger partial charge in [-0.2, -0.15) is 0 Å². The Kier molecular flexibility index (Phi) is 4.02. The summed E-state index contributed by atoms with van der Waals surface area (Å²) in [6, 6.07) is 5.18. The summed E-state index contributed by atoms with van der Waals surface area (Å²) in [7, 11) is 2.26. The molecule has 1 aromatic heterocycles. The summed E-state index contributed by atoms with van der Waals surface area (Å²) < 4.78 is 0. The number of nitrogens with one attached hydrogen (secondary N) is 1. The van der Waals surface area contributed by atoms with Gasteiger partial charge in [-0.15, -0.1) is 11.3 Å². The second-order valence-corrected chi connectivity index (χ2v) is 7.05. The minimum Gasteiger partial charge on any atom is -0.312 e. The summed E-state index contributed by atoms with van der Waals surface area (Å²) in [5.41, 5.74) is 0. The molecule has 1 N–H and O–H groups in total. The number of nitrogens with zero attached hydrogens (tertiary/aromatic N) is 1. The predicted octanol–water partition coefficient (Wildman–Crippen LogP) is 2.93. The average Bonchev–Trinajstić information content (AvgIpc) is 2.79. The van der Waals surface area contributed by atoms with Gasteiger partial charge in [0.25, 0.3) is 0 Å². The van der Waals surface area contributed by atoms with Crippen molar-refractivity contribution in [3.05, 3.63) is 22.4 Å². The van der Waals surface area contributed by atoms with E-state index in [4.69, 9.17) is 0 Å². The second kappa shape index (κ2) is 5.72. The van der Waals surface area contributed by atoms with Crippen LogP contribution in [0, 0.1) is 5.92 Å². The molecule has 0 amide bonds. The van der Waals surface area contributed by atoms with E-state index in [1.807, 2.05) is 11.3 Å². The largest absolute Gasteiger partial charge is 0.312 e. The molecule has 3 rings (SSSR count). The van der Waals surface area contributed by atoms with Crippen molar-refractivity contribution in [1.82, 2.24) is 10.2 Å². The lowest BCUT2D eigenvalue weighted by atomic mass is 9.85. The van der Waals surface area contributed by atoms with Crippen LogP contribution in [-0.4, -0.2) is 37.6 Å². The topological polar surface area (TPSA) is 15.3 Å². The molecule has 1 saturated heterocycles. The molecular weight excluding hydrogens is 240 g/mol. The zero-order valence-corrected chi connectivity index (χ0v) is 12.1. The Morgan fingerprint density at radius 1 is 1.39 bits per heavy atom. The molecule has 0 aromatic carbocycles. The Morgan fingerprint density at radius 2 is 2.28 bits per heavy atom. The van der Waals surface area contributed by atoms with Crippen molar-refractivity contribution in [1.29, 1.82) is 0 Å². The van der Waals surface area contributed by atoms with Crippen LogP contribution in [0.2, 0.25) is 0 Å². The van der Waals surface area contributed by atoms with Crippen LogP contribution in [0.15, 0.2) is 17.5 Å². The molecule has 100 valence electrons. The SMILES string of the molecule is CN1CC(NCC2CCC2)CC(c2cccs2)C1. The van der Waals surface area contributed by atoms with E-state index in [9.17, 15) is 0 Å². The molecule has 0 spiro atoms. The van der Waals surface area contributed by atoms with Gasteiger partial charge in [-0.1, -0.05) is 12.5 Å². The van der Waals surface area contributed by atoms with Crippen molar-refractivity contribution < 1.29 is 0 Å². The molecule has 2 atom stereocenters. The van der Waals surface area contributed by atoms with Crippen molar-refractivity contribution in [2.45, 2.75) is 37.6 Å². The van der Waals surface area contributed by atoms with E-state index in [0.29, 0.717) is 6.04 Å². The van der Waals surface area contributed by atoms with Gasteiger partial charge >= 0.3 is 0 Å². The number of rotatable bonds is 4. The molecule has 1 aliphatic heterocycles. The van der Waals surface area contributed by atoms with Crippen LogP contribution >= 0.6 is 11.3 Å². The van der Waals surface area contributed by atoms with Gasteiger partial charge in [0.2, 0.25) is 0 Å². The van der Waals surface area contributed by atoms with Gasteiger partial charge in [-0.05, 0) is 50.2 Å². The fraction of sp³-hybridized carbons (Fsp3) is 0.733. The van der Waals surface area contributed by atoms with Gasteiger partial charge in [-0.3, -0.25) is 0 Å². The predicted molar refractivity (Wildman–Crippen MR) is 78.3 cm³/mol. The maximum atomic E-state index is 3.81. The zero-order chi connectivity index (χ0) is 12.4. The van der Waals surface area contributed by atoms with E-state index in [2.05, 4.69) is 34.8 Å². The van der Waals surface area contributed by atoms with Crippen LogP contribution in [0.5, 0.6) is 0 Å². The molecule has 2 aliphatic rings. The fourth-order valence-electron chi connectivity index (χ4n) is 3.23. The summed E-state index contributed by atoms with van der Waals surface area (Å²) in [6.45, 7) is 3.69. The molecule has 1 saturated carbocycles. The number of likely N-dealkylation sites (tertiary alicyclic amines) is 1. The molecule has 2 fully saturated rings. The van der Waals surface area contributed by atoms with E-state index in [1.54, 1.807) is 4.88 Å². The maximum Gasteiger partial charge on any atom is 0.0201 e. The van der Waals surface area contributed by atoms with Gasteiger partial charge in [-0.25, -0.2) is 0 Å². The first-order valence-electron chi connectivity index (χ1n) is 7.26. The third-order valence-electron chi connectivity index (χ3n) is 4.50. The summed E-state index contributed by atoms with van der Waals surface area (Å²) in [6.07, 6.45) is 5.67. The number of hydrogen-bond acceptors (Lipinski definition) is 3. The van der Waals surface area contributed by atoms with E-state index >= 15 is 0 Å².